The van der Waals surface area contributed by atoms with Gasteiger partial charge in [-0.05, 0) is 24.3 Å². The van der Waals surface area contributed by atoms with E-state index in [0.29, 0.717) is 22.5 Å². The molecular weight excluding hydrogens is 260 g/mol. The van der Waals surface area contributed by atoms with Crippen molar-refractivity contribution in [3.05, 3.63) is 47.8 Å². The first-order valence-electron chi connectivity index (χ1n) is 5.71. The van der Waals surface area contributed by atoms with E-state index in [1.54, 1.807) is 36.7 Å². The highest BCUT2D eigenvalue weighted by atomic mass is 16.4. The smallest absolute Gasteiger partial charge is 0.300 e. The SMILES string of the molecule is CC(=O)O.O=C1C(=O)c2cccnc2-c2ncccc21. The molecule has 0 bridgehead atoms. The summed E-state index contributed by atoms with van der Waals surface area (Å²) in [4.78, 5) is 40.7. The monoisotopic (exact) mass is 270 g/mol. The van der Waals surface area contributed by atoms with Crippen molar-refractivity contribution in [3.63, 3.8) is 0 Å². The van der Waals surface area contributed by atoms with E-state index in [1.807, 2.05) is 0 Å². The molecule has 20 heavy (non-hydrogen) atoms. The average molecular weight is 270 g/mol. The summed E-state index contributed by atoms with van der Waals surface area (Å²) in [7, 11) is 0. The summed E-state index contributed by atoms with van der Waals surface area (Å²) in [5.41, 5.74) is 1.64. The van der Waals surface area contributed by atoms with Gasteiger partial charge in [0, 0.05) is 19.3 Å². The van der Waals surface area contributed by atoms with E-state index < -0.39 is 17.5 Å². The number of carbonyl (C=O) groups is 3. The van der Waals surface area contributed by atoms with Crippen molar-refractivity contribution in [1.29, 1.82) is 0 Å². The Bertz CT molecular complexity index is 650. The molecule has 6 heteroatoms. The van der Waals surface area contributed by atoms with Crippen LogP contribution in [0.25, 0.3) is 11.4 Å². The number of carbonyl (C=O) groups excluding carboxylic acids is 2. The molecule has 100 valence electrons. The van der Waals surface area contributed by atoms with Gasteiger partial charge in [-0.1, -0.05) is 0 Å². The molecule has 0 amide bonds. The van der Waals surface area contributed by atoms with Gasteiger partial charge in [0.15, 0.2) is 0 Å². The molecular formula is C14H10N2O4. The average Bonchev–Trinajstić information content (AvgIpc) is 2.44. The highest BCUT2D eigenvalue weighted by Crippen LogP contribution is 2.29. The number of ketones is 2. The minimum Gasteiger partial charge on any atom is -0.481 e. The van der Waals surface area contributed by atoms with Gasteiger partial charge in [-0.25, -0.2) is 0 Å². The number of nitrogens with zero attached hydrogens (tertiary/aromatic N) is 2. The fraction of sp³-hybridized carbons (Fsp3) is 0.0714. The summed E-state index contributed by atoms with van der Waals surface area (Å²) in [6, 6.07) is 6.47. The van der Waals surface area contributed by atoms with Gasteiger partial charge >= 0.3 is 0 Å². The molecule has 6 nitrogen and oxygen atoms in total. The van der Waals surface area contributed by atoms with Crippen LogP contribution >= 0.6 is 0 Å². The van der Waals surface area contributed by atoms with Crippen LogP contribution in [0.5, 0.6) is 0 Å². The third-order valence-corrected chi connectivity index (χ3v) is 2.54. The fourth-order valence-corrected chi connectivity index (χ4v) is 1.80. The van der Waals surface area contributed by atoms with Crippen LogP contribution < -0.4 is 0 Å². The summed E-state index contributed by atoms with van der Waals surface area (Å²) in [5, 5.41) is 7.42. The van der Waals surface area contributed by atoms with Crippen molar-refractivity contribution in [1.82, 2.24) is 9.97 Å². The van der Waals surface area contributed by atoms with E-state index in [4.69, 9.17) is 9.90 Å². The number of carboxylic acids is 1. The molecule has 2 aromatic heterocycles. The molecule has 2 aromatic rings. The molecule has 1 aliphatic carbocycles. The molecule has 0 aromatic carbocycles. The maximum absolute atomic E-state index is 11.8. The van der Waals surface area contributed by atoms with Crippen molar-refractivity contribution in [2.24, 2.45) is 0 Å². The van der Waals surface area contributed by atoms with Gasteiger partial charge in [0.2, 0.25) is 11.6 Å². The maximum Gasteiger partial charge on any atom is 0.300 e. The van der Waals surface area contributed by atoms with Crippen LogP contribution in [0.2, 0.25) is 0 Å². The van der Waals surface area contributed by atoms with Crippen LogP contribution in [0.1, 0.15) is 27.6 Å². The van der Waals surface area contributed by atoms with E-state index in [0.717, 1.165) is 6.92 Å². The number of pyridine rings is 2. The van der Waals surface area contributed by atoms with E-state index >= 15 is 0 Å². The standard InChI is InChI=1S/C12H6N2O2.C2H4O2/c15-11-7-3-1-5-13-9(7)10-8(12(11)16)4-2-6-14-10;1-2(3)4/h1-6H;1H3,(H,3,4). The van der Waals surface area contributed by atoms with Gasteiger partial charge in [-0.15, -0.1) is 0 Å². The molecule has 0 saturated heterocycles. The molecule has 0 spiro atoms. The van der Waals surface area contributed by atoms with Crippen LogP contribution in [-0.2, 0) is 4.79 Å². The van der Waals surface area contributed by atoms with Gasteiger partial charge in [0.25, 0.3) is 5.97 Å². The lowest BCUT2D eigenvalue weighted by molar-refractivity contribution is -0.134. The topological polar surface area (TPSA) is 97.2 Å². The molecule has 1 aliphatic rings. The second-order valence-corrected chi connectivity index (χ2v) is 3.98. The normalized spacial score (nSPS) is 11.8. The van der Waals surface area contributed by atoms with Crippen molar-refractivity contribution in [3.8, 4) is 11.4 Å². The Labute approximate surface area is 114 Å². The molecule has 0 atom stereocenters. The Morgan fingerprint density at radius 2 is 1.30 bits per heavy atom. The first-order valence-corrected chi connectivity index (χ1v) is 5.71. The number of Topliss-reactive ketones (excluding diaryl/α,β-unsaturated/α-hetero) is 2. The van der Waals surface area contributed by atoms with E-state index in [1.165, 1.54) is 0 Å². The van der Waals surface area contributed by atoms with E-state index in [9.17, 15) is 9.59 Å². The molecule has 0 fully saturated rings. The van der Waals surface area contributed by atoms with Crippen LogP contribution in [0.3, 0.4) is 0 Å². The highest BCUT2D eigenvalue weighted by Gasteiger charge is 2.31. The van der Waals surface area contributed by atoms with Gasteiger partial charge in [0.1, 0.15) is 11.4 Å². The van der Waals surface area contributed by atoms with Gasteiger partial charge < -0.3 is 5.11 Å². The number of hydrogen-bond acceptors (Lipinski definition) is 5. The van der Waals surface area contributed by atoms with Gasteiger partial charge in [0.05, 0.1) is 11.1 Å². The lowest BCUT2D eigenvalue weighted by Gasteiger charge is -2.14. The summed E-state index contributed by atoms with van der Waals surface area (Å²) in [6.45, 7) is 1.08. The molecule has 1 N–H and O–H groups in total. The largest absolute Gasteiger partial charge is 0.481 e. The molecule has 2 heterocycles. The summed E-state index contributed by atoms with van der Waals surface area (Å²) < 4.78 is 0. The van der Waals surface area contributed by atoms with Crippen molar-refractivity contribution in [2.75, 3.05) is 0 Å². The number of aromatic nitrogens is 2. The summed E-state index contributed by atoms with van der Waals surface area (Å²) >= 11 is 0. The zero-order valence-electron chi connectivity index (χ0n) is 10.5. The van der Waals surface area contributed by atoms with Gasteiger partial charge in [-0.2, -0.15) is 0 Å². The second-order valence-electron chi connectivity index (χ2n) is 3.98. The molecule has 0 unspecified atom stereocenters. The Balaban J connectivity index is 0.000000328. The predicted molar refractivity (Wildman–Crippen MR) is 69.4 cm³/mol. The maximum atomic E-state index is 11.8. The molecule has 3 rings (SSSR count). The first kappa shape index (κ1) is 13.5. The summed E-state index contributed by atoms with van der Waals surface area (Å²) in [5.74, 6) is -1.85. The van der Waals surface area contributed by atoms with Crippen LogP contribution in [-0.4, -0.2) is 32.6 Å². The third kappa shape index (κ3) is 2.44. The van der Waals surface area contributed by atoms with Crippen molar-refractivity contribution < 1.29 is 19.5 Å². The van der Waals surface area contributed by atoms with E-state index in [-0.39, 0.29) is 0 Å². The number of aliphatic carboxylic acids is 1. The Morgan fingerprint density at radius 3 is 1.65 bits per heavy atom. The number of fused-ring (bicyclic) bond motifs is 3. The van der Waals surface area contributed by atoms with Gasteiger partial charge in [-0.3, -0.25) is 24.4 Å². The van der Waals surface area contributed by atoms with Crippen LogP contribution in [0.15, 0.2) is 36.7 Å². The lowest BCUT2D eigenvalue weighted by atomic mass is 9.91. The minimum absolute atomic E-state index is 0.332. The second kappa shape index (κ2) is 5.40. The lowest BCUT2D eigenvalue weighted by Crippen LogP contribution is -2.22. The van der Waals surface area contributed by atoms with Crippen molar-refractivity contribution >= 4 is 17.5 Å². The van der Waals surface area contributed by atoms with E-state index in [2.05, 4.69) is 9.97 Å². The van der Waals surface area contributed by atoms with Crippen molar-refractivity contribution in [2.45, 2.75) is 6.92 Å². The van der Waals surface area contributed by atoms with Crippen LogP contribution in [0.4, 0.5) is 0 Å². The predicted octanol–water partition coefficient (Wildman–Crippen LogP) is 1.61. The minimum atomic E-state index is -0.833. The van der Waals surface area contributed by atoms with Crippen LogP contribution in [0, 0.1) is 0 Å². The fourth-order valence-electron chi connectivity index (χ4n) is 1.80. The first-order chi connectivity index (χ1) is 9.52. The highest BCUT2D eigenvalue weighted by molar-refractivity contribution is 6.52. The zero-order chi connectivity index (χ0) is 14.7. The quantitative estimate of drug-likeness (QED) is 0.730. The number of rotatable bonds is 0. The number of carboxylic acid groups (broad SMARTS) is 1. The third-order valence-electron chi connectivity index (χ3n) is 2.54. The zero-order valence-corrected chi connectivity index (χ0v) is 10.5. The Hall–Kier alpha value is -2.89. The number of hydrogen-bond donors (Lipinski definition) is 1. The Kier molecular flexibility index (Phi) is 3.65. The molecule has 0 saturated carbocycles. The summed E-state index contributed by atoms with van der Waals surface area (Å²) in [6.07, 6.45) is 3.17. The molecule has 0 radical (unpaired) electrons. The Morgan fingerprint density at radius 1 is 0.950 bits per heavy atom. The molecule has 0 aliphatic heterocycles.